The maximum atomic E-state index is 9.20. The van der Waals surface area contributed by atoms with Gasteiger partial charge in [-0.1, -0.05) is 13.3 Å². The third-order valence-corrected chi connectivity index (χ3v) is 4.79. The second-order valence-corrected chi connectivity index (χ2v) is 6.46. The maximum absolute atomic E-state index is 9.20. The number of nitrogens with zero attached hydrogens (tertiary/aromatic N) is 2. The van der Waals surface area contributed by atoms with Crippen molar-refractivity contribution in [1.82, 2.24) is 15.1 Å². The molecule has 20 heavy (non-hydrogen) atoms. The van der Waals surface area contributed by atoms with Crippen LogP contribution in [-0.4, -0.2) is 72.9 Å². The van der Waals surface area contributed by atoms with Gasteiger partial charge in [-0.2, -0.15) is 0 Å². The first-order valence-electron chi connectivity index (χ1n) is 8.64. The van der Waals surface area contributed by atoms with Crippen LogP contribution in [0, 0.1) is 0 Å². The zero-order valence-electron chi connectivity index (χ0n) is 13.2. The van der Waals surface area contributed by atoms with Crippen LogP contribution in [0.3, 0.4) is 0 Å². The van der Waals surface area contributed by atoms with Crippen molar-refractivity contribution in [3.8, 4) is 0 Å². The Labute approximate surface area is 124 Å². The fourth-order valence-electron chi connectivity index (χ4n) is 3.63. The van der Waals surface area contributed by atoms with E-state index < -0.39 is 0 Å². The minimum absolute atomic E-state index is 0.296. The summed E-state index contributed by atoms with van der Waals surface area (Å²) in [5, 5.41) is 12.8. The van der Waals surface area contributed by atoms with Crippen LogP contribution in [0.25, 0.3) is 0 Å². The molecule has 2 aliphatic rings. The second-order valence-electron chi connectivity index (χ2n) is 6.46. The summed E-state index contributed by atoms with van der Waals surface area (Å²) < 4.78 is 0. The lowest BCUT2D eigenvalue weighted by Gasteiger charge is -2.32. The van der Waals surface area contributed by atoms with E-state index in [0.29, 0.717) is 12.6 Å². The molecule has 2 unspecified atom stereocenters. The largest absolute Gasteiger partial charge is 0.396 e. The highest BCUT2D eigenvalue weighted by atomic mass is 16.3. The lowest BCUT2D eigenvalue weighted by atomic mass is 10.1. The Kier molecular flexibility index (Phi) is 7.28. The first-order valence-corrected chi connectivity index (χ1v) is 8.64. The number of nitrogens with one attached hydrogen (secondary N) is 1. The Balaban J connectivity index is 1.72. The maximum Gasteiger partial charge on any atom is 0.0446 e. The van der Waals surface area contributed by atoms with E-state index in [1.54, 1.807) is 0 Å². The first-order chi connectivity index (χ1) is 9.83. The quantitative estimate of drug-likeness (QED) is 0.704. The average Bonchev–Trinajstić information content (AvgIpc) is 2.94. The summed E-state index contributed by atoms with van der Waals surface area (Å²) in [6.45, 7) is 9.75. The van der Waals surface area contributed by atoms with Crippen molar-refractivity contribution >= 4 is 0 Å². The van der Waals surface area contributed by atoms with Crippen molar-refractivity contribution in [1.29, 1.82) is 0 Å². The Morgan fingerprint density at radius 2 is 2.00 bits per heavy atom. The highest BCUT2D eigenvalue weighted by Crippen LogP contribution is 2.20. The van der Waals surface area contributed by atoms with Crippen LogP contribution in [0.4, 0.5) is 0 Å². The van der Waals surface area contributed by atoms with Gasteiger partial charge in [-0.15, -0.1) is 0 Å². The molecule has 0 aromatic carbocycles. The Hall–Kier alpha value is -0.160. The van der Waals surface area contributed by atoms with Gasteiger partial charge in [0.05, 0.1) is 0 Å². The minimum Gasteiger partial charge on any atom is -0.396 e. The molecule has 4 heteroatoms. The van der Waals surface area contributed by atoms with Crippen LogP contribution in [0.5, 0.6) is 0 Å². The molecule has 0 aliphatic carbocycles. The summed E-state index contributed by atoms with van der Waals surface area (Å²) in [6, 6.07) is 1.25. The standard InChI is InChI=1S/C16H33N3O/c1-2-8-17-15(7-12-20)13-18-11-6-16(14-18)19-9-4-3-5-10-19/h15-17,20H,2-14H2,1H3. The van der Waals surface area contributed by atoms with Crippen LogP contribution in [0.15, 0.2) is 0 Å². The van der Waals surface area contributed by atoms with Crippen molar-refractivity contribution < 1.29 is 5.11 Å². The molecule has 0 radical (unpaired) electrons. The predicted octanol–water partition coefficient (Wildman–Crippen LogP) is 1.30. The highest BCUT2D eigenvalue weighted by Gasteiger charge is 2.29. The Bertz CT molecular complexity index is 256. The summed E-state index contributed by atoms with van der Waals surface area (Å²) in [6.07, 6.45) is 7.58. The van der Waals surface area contributed by atoms with Gasteiger partial charge in [0.25, 0.3) is 0 Å². The molecule has 2 N–H and O–H groups in total. The van der Waals surface area contributed by atoms with Gasteiger partial charge >= 0.3 is 0 Å². The van der Waals surface area contributed by atoms with Gasteiger partial charge < -0.3 is 15.3 Å². The molecule has 4 nitrogen and oxygen atoms in total. The highest BCUT2D eigenvalue weighted by molar-refractivity contribution is 4.86. The van der Waals surface area contributed by atoms with Crippen molar-refractivity contribution in [2.75, 3.05) is 45.9 Å². The van der Waals surface area contributed by atoms with Gasteiger partial charge in [0.1, 0.15) is 0 Å². The molecule has 118 valence electrons. The number of likely N-dealkylation sites (tertiary alicyclic amines) is 2. The average molecular weight is 283 g/mol. The van der Waals surface area contributed by atoms with E-state index in [9.17, 15) is 5.11 Å². The number of aliphatic hydroxyl groups excluding tert-OH is 1. The SMILES string of the molecule is CCCNC(CCO)CN1CCC(N2CCCCC2)C1. The van der Waals surface area contributed by atoms with E-state index >= 15 is 0 Å². The zero-order chi connectivity index (χ0) is 14.2. The Morgan fingerprint density at radius 3 is 2.70 bits per heavy atom. The molecule has 0 spiro atoms. The molecular formula is C16H33N3O. The third-order valence-electron chi connectivity index (χ3n) is 4.79. The topological polar surface area (TPSA) is 38.7 Å². The van der Waals surface area contributed by atoms with Crippen molar-refractivity contribution in [3.05, 3.63) is 0 Å². The van der Waals surface area contributed by atoms with Gasteiger partial charge in [-0.25, -0.2) is 0 Å². The van der Waals surface area contributed by atoms with Crippen LogP contribution in [0.2, 0.25) is 0 Å². The fraction of sp³-hybridized carbons (Fsp3) is 1.00. The molecule has 2 aliphatic heterocycles. The summed E-state index contributed by atoms with van der Waals surface area (Å²) in [4.78, 5) is 5.31. The summed E-state index contributed by atoms with van der Waals surface area (Å²) in [5.74, 6) is 0. The second kappa shape index (κ2) is 8.98. The monoisotopic (exact) mass is 283 g/mol. The van der Waals surface area contributed by atoms with E-state index in [1.165, 1.54) is 58.3 Å². The van der Waals surface area contributed by atoms with Gasteiger partial charge in [0.15, 0.2) is 0 Å². The van der Waals surface area contributed by atoms with Gasteiger partial charge in [0, 0.05) is 31.8 Å². The van der Waals surface area contributed by atoms with E-state index in [1.807, 2.05) is 0 Å². The molecule has 2 fully saturated rings. The predicted molar refractivity (Wildman–Crippen MR) is 84.1 cm³/mol. The van der Waals surface area contributed by atoms with E-state index in [4.69, 9.17) is 0 Å². The fourth-order valence-corrected chi connectivity index (χ4v) is 3.63. The van der Waals surface area contributed by atoms with E-state index in [-0.39, 0.29) is 0 Å². The number of aliphatic hydroxyl groups is 1. The number of hydrogen-bond donors (Lipinski definition) is 2. The molecular weight excluding hydrogens is 250 g/mol. The summed E-state index contributed by atoms with van der Waals surface area (Å²) in [7, 11) is 0. The van der Waals surface area contributed by atoms with Gasteiger partial charge in [-0.05, 0) is 58.3 Å². The van der Waals surface area contributed by atoms with Crippen LogP contribution >= 0.6 is 0 Å². The summed E-state index contributed by atoms with van der Waals surface area (Å²) in [5.41, 5.74) is 0. The van der Waals surface area contributed by atoms with Crippen molar-refractivity contribution in [3.63, 3.8) is 0 Å². The normalized spacial score (nSPS) is 27.0. The van der Waals surface area contributed by atoms with Crippen molar-refractivity contribution in [2.24, 2.45) is 0 Å². The van der Waals surface area contributed by atoms with Gasteiger partial charge in [-0.3, -0.25) is 4.90 Å². The Morgan fingerprint density at radius 1 is 1.20 bits per heavy atom. The van der Waals surface area contributed by atoms with Crippen LogP contribution in [0.1, 0.15) is 45.4 Å². The molecule has 2 heterocycles. The van der Waals surface area contributed by atoms with E-state index in [2.05, 4.69) is 22.0 Å². The third kappa shape index (κ3) is 4.99. The minimum atomic E-state index is 0.296. The number of hydrogen-bond acceptors (Lipinski definition) is 4. The lowest BCUT2D eigenvalue weighted by molar-refractivity contribution is 0.158. The molecule has 0 saturated carbocycles. The summed E-state index contributed by atoms with van der Waals surface area (Å²) >= 11 is 0. The lowest BCUT2D eigenvalue weighted by Crippen LogP contribution is -2.44. The molecule has 0 bridgehead atoms. The van der Waals surface area contributed by atoms with E-state index in [0.717, 1.165) is 25.6 Å². The molecule has 2 atom stereocenters. The molecule has 0 amide bonds. The van der Waals surface area contributed by atoms with Gasteiger partial charge in [0.2, 0.25) is 0 Å². The van der Waals surface area contributed by atoms with Crippen LogP contribution < -0.4 is 5.32 Å². The smallest absolute Gasteiger partial charge is 0.0446 e. The van der Waals surface area contributed by atoms with Crippen LogP contribution in [-0.2, 0) is 0 Å². The number of piperidine rings is 1. The molecule has 0 aromatic rings. The molecule has 2 rings (SSSR count). The number of rotatable bonds is 8. The molecule has 2 saturated heterocycles. The molecule has 0 aromatic heterocycles. The van der Waals surface area contributed by atoms with Crippen molar-refractivity contribution in [2.45, 2.75) is 57.5 Å². The first kappa shape index (κ1) is 16.2. The zero-order valence-corrected chi connectivity index (χ0v) is 13.2.